The van der Waals surface area contributed by atoms with Gasteiger partial charge in [-0.1, -0.05) is 60.1 Å². The van der Waals surface area contributed by atoms with E-state index in [0.29, 0.717) is 16.3 Å². The minimum absolute atomic E-state index is 0.0691. The monoisotopic (exact) mass is 513 g/mol. The molecule has 3 aromatic rings. The highest BCUT2D eigenvalue weighted by Gasteiger charge is 2.32. The lowest BCUT2D eigenvalue weighted by molar-refractivity contribution is -0.139. The van der Waals surface area contributed by atoms with Gasteiger partial charge in [0.15, 0.2) is 0 Å². The van der Waals surface area contributed by atoms with Gasteiger partial charge in [-0.3, -0.25) is 13.9 Å². The summed E-state index contributed by atoms with van der Waals surface area (Å²) in [6.45, 7) is 3.02. The fourth-order valence-corrected chi connectivity index (χ4v) is 5.28. The third-order valence-electron chi connectivity index (χ3n) is 5.67. The van der Waals surface area contributed by atoms with Crippen molar-refractivity contribution in [2.75, 3.05) is 17.9 Å². The van der Waals surface area contributed by atoms with Gasteiger partial charge in [0, 0.05) is 18.6 Å². The number of aryl methyl sites for hydroxylation is 1. The van der Waals surface area contributed by atoms with E-state index >= 15 is 0 Å². The first-order valence-electron chi connectivity index (χ1n) is 11.0. The van der Waals surface area contributed by atoms with Crippen molar-refractivity contribution in [3.8, 4) is 0 Å². The average molecular weight is 514 g/mol. The van der Waals surface area contributed by atoms with Gasteiger partial charge in [0.25, 0.3) is 10.0 Å². The fraction of sp³-hybridized carbons (Fsp3) is 0.231. The molecule has 0 aliphatic rings. The highest BCUT2D eigenvalue weighted by Crippen LogP contribution is 2.27. The van der Waals surface area contributed by atoms with E-state index in [9.17, 15) is 18.0 Å². The zero-order valence-corrected chi connectivity index (χ0v) is 21.4. The predicted octanol–water partition coefficient (Wildman–Crippen LogP) is 4.01. The molecule has 0 saturated carbocycles. The van der Waals surface area contributed by atoms with E-state index in [2.05, 4.69) is 5.32 Å². The van der Waals surface area contributed by atoms with Gasteiger partial charge in [-0.05, 0) is 55.3 Å². The number of halogens is 1. The van der Waals surface area contributed by atoms with Crippen molar-refractivity contribution in [2.45, 2.75) is 31.3 Å². The molecule has 0 radical (unpaired) electrons. The zero-order chi connectivity index (χ0) is 25.6. The topological polar surface area (TPSA) is 86.8 Å². The molecule has 0 aliphatic heterocycles. The van der Waals surface area contributed by atoms with Crippen LogP contribution < -0.4 is 9.62 Å². The molecule has 0 heterocycles. The van der Waals surface area contributed by atoms with E-state index in [4.69, 9.17) is 11.6 Å². The lowest BCUT2D eigenvalue weighted by Crippen LogP contribution is -2.50. The minimum atomic E-state index is -4.07. The zero-order valence-electron chi connectivity index (χ0n) is 19.8. The highest BCUT2D eigenvalue weighted by molar-refractivity contribution is 7.92. The van der Waals surface area contributed by atoms with Gasteiger partial charge in [-0.2, -0.15) is 0 Å². The van der Waals surface area contributed by atoms with E-state index < -0.39 is 28.5 Å². The molecular formula is C26H28ClN3O4S. The molecule has 35 heavy (non-hydrogen) atoms. The van der Waals surface area contributed by atoms with Gasteiger partial charge in [0.2, 0.25) is 11.8 Å². The van der Waals surface area contributed by atoms with Crippen LogP contribution in [0.15, 0.2) is 83.8 Å². The maximum atomic E-state index is 13.7. The SMILES string of the molecule is CNC(=O)[C@H](C)N(Cc1ccc(Cl)cc1)C(=O)CN(c1ccccc1C)S(=O)(=O)c1ccccc1. The van der Waals surface area contributed by atoms with Gasteiger partial charge < -0.3 is 10.2 Å². The van der Waals surface area contributed by atoms with Gasteiger partial charge in [0.05, 0.1) is 10.6 Å². The van der Waals surface area contributed by atoms with Crippen LogP contribution in [0.2, 0.25) is 5.02 Å². The molecule has 9 heteroatoms. The van der Waals surface area contributed by atoms with E-state index in [0.717, 1.165) is 9.87 Å². The Labute approximate surface area is 211 Å². The van der Waals surface area contributed by atoms with Crippen LogP contribution >= 0.6 is 11.6 Å². The number of nitrogens with one attached hydrogen (secondary N) is 1. The Hall–Kier alpha value is -3.36. The first-order valence-corrected chi connectivity index (χ1v) is 12.9. The third-order valence-corrected chi connectivity index (χ3v) is 7.70. The van der Waals surface area contributed by atoms with Crippen LogP contribution in [0.5, 0.6) is 0 Å². The molecule has 0 spiro atoms. The molecular weight excluding hydrogens is 486 g/mol. The number of amides is 2. The Morgan fingerprint density at radius 1 is 0.943 bits per heavy atom. The summed E-state index contributed by atoms with van der Waals surface area (Å²) in [7, 11) is -2.58. The Morgan fingerprint density at radius 3 is 2.14 bits per heavy atom. The lowest BCUT2D eigenvalue weighted by atomic mass is 10.1. The summed E-state index contributed by atoms with van der Waals surface area (Å²) in [4.78, 5) is 27.6. The van der Waals surface area contributed by atoms with Gasteiger partial charge >= 0.3 is 0 Å². The number of sulfonamides is 1. The summed E-state index contributed by atoms with van der Waals surface area (Å²) in [5.41, 5.74) is 1.85. The number of likely N-dealkylation sites (N-methyl/N-ethyl adjacent to an activating group) is 1. The molecule has 0 unspecified atom stereocenters. The molecule has 0 aromatic heterocycles. The van der Waals surface area contributed by atoms with Crippen LogP contribution in [0, 0.1) is 6.92 Å². The molecule has 1 N–H and O–H groups in total. The summed E-state index contributed by atoms with van der Waals surface area (Å²) < 4.78 is 28.4. The Balaban J connectivity index is 2.03. The summed E-state index contributed by atoms with van der Waals surface area (Å²) >= 11 is 5.99. The largest absolute Gasteiger partial charge is 0.357 e. The molecule has 3 rings (SSSR count). The quantitative estimate of drug-likeness (QED) is 0.468. The number of benzene rings is 3. The van der Waals surface area contributed by atoms with E-state index in [1.807, 2.05) is 0 Å². The Kier molecular flexibility index (Phi) is 8.53. The van der Waals surface area contributed by atoms with Crippen molar-refractivity contribution in [3.63, 3.8) is 0 Å². The lowest BCUT2D eigenvalue weighted by Gasteiger charge is -2.32. The molecule has 2 amide bonds. The van der Waals surface area contributed by atoms with Crippen molar-refractivity contribution in [3.05, 3.63) is 95.0 Å². The number of nitrogens with zero attached hydrogens (tertiary/aromatic N) is 2. The van der Waals surface area contributed by atoms with E-state index in [1.165, 1.54) is 24.1 Å². The van der Waals surface area contributed by atoms with Crippen molar-refractivity contribution in [1.29, 1.82) is 0 Å². The maximum absolute atomic E-state index is 13.7. The Bertz CT molecular complexity index is 1280. The number of para-hydroxylation sites is 1. The highest BCUT2D eigenvalue weighted by atomic mass is 35.5. The molecule has 7 nitrogen and oxygen atoms in total. The van der Waals surface area contributed by atoms with Crippen LogP contribution in [0.3, 0.4) is 0 Å². The van der Waals surface area contributed by atoms with Crippen LogP contribution in [0.1, 0.15) is 18.1 Å². The Morgan fingerprint density at radius 2 is 1.54 bits per heavy atom. The standard InChI is InChI=1S/C26H28ClN3O4S/c1-19-9-7-8-12-24(19)30(35(33,34)23-10-5-4-6-11-23)18-25(31)29(20(2)26(32)28-3)17-21-13-15-22(27)16-14-21/h4-16,20H,17-18H2,1-3H3,(H,28,32)/t20-/m0/s1. The van der Waals surface area contributed by atoms with Gasteiger partial charge in [0.1, 0.15) is 12.6 Å². The number of hydrogen-bond donors (Lipinski definition) is 1. The molecule has 0 saturated heterocycles. The van der Waals surface area contributed by atoms with Crippen LogP contribution in [0.25, 0.3) is 0 Å². The predicted molar refractivity (Wildman–Crippen MR) is 138 cm³/mol. The number of anilines is 1. The molecule has 184 valence electrons. The number of hydrogen-bond acceptors (Lipinski definition) is 4. The summed E-state index contributed by atoms with van der Waals surface area (Å²) in [5, 5.41) is 3.11. The fourth-order valence-electron chi connectivity index (χ4n) is 3.65. The van der Waals surface area contributed by atoms with E-state index in [-0.39, 0.29) is 17.3 Å². The van der Waals surface area contributed by atoms with Crippen molar-refractivity contribution in [2.24, 2.45) is 0 Å². The molecule has 1 atom stereocenters. The normalized spacial score (nSPS) is 12.0. The van der Waals surface area contributed by atoms with Crippen LogP contribution in [-0.2, 0) is 26.2 Å². The van der Waals surface area contributed by atoms with Gasteiger partial charge in [-0.15, -0.1) is 0 Å². The first-order chi connectivity index (χ1) is 16.6. The van der Waals surface area contributed by atoms with Crippen molar-refractivity contribution in [1.82, 2.24) is 10.2 Å². The minimum Gasteiger partial charge on any atom is -0.357 e. The summed E-state index contributed by atoms with van der Waals surface area (Å²) in [6, 6.07) is 21.0. The second-order valence-corrected chi connectivity index (χ2v) is 10.3. The third kappa shape index (κ3) is 6.21. The van der Waals surface area contributed by atoms with E-state index in [1.54, 1.807) is 80.6 Å². The molecule has 0 fully saturated rings. The van der Waals surface area contributed by atoms with Crippen molar-refractivity contribution >= 4 is 39.1 Å². The average Bonchev–Trinajstić information content (AvgIpc) is 2.86. The second-order valence-electron chi connectivity index (χ2n) is 8.05. The summed E-state index contributed by atoms with van der Waals surface area (Å²) in [5.74, 6) is -0.875. The molecule has 0 bridgehead atoms. The maximum Gasteiger partial charge on any atom is 0.264 e. The van der Waals surface area contributed by atoms with Crippen LogP contribution in [-0.4, -0.2) is 44.8 Å². The molecule has 3 aromatic carbocycles. The first kappa shape index (κ1) is 26.2. The molecule has 0 aliphatic carbocycles. The number of rotatable bonds is 9. The number of carbonyl (C=O) groups excluding carboxylic acids is 2. The number of carbonyl (C=O) groups is 2. The van der Waals surface area contributed by atoms with Crippen molar-refractivity contribution < 1.29 is 18.0 Å². The second kappa shape index (κ2) is 11.4. The summed E-state index contributed by atoms with van der Waals surface area (Å²) in [6.07, 6.45) is 0. The smallest absolute Gasteiger partial charge is 0.264 e. The van der Waals surface area contributed by atoms with Crippen LogP contribution in [0.4, 0.5) is 5.69 Å². The van der Waals surface area contributed by atoms with Gasteiger partial charge in [-0.25, -0.2) is 8.42 Å².